The molecular formula is C19H25N5O2. The Bertz CT molecular complexity index is 845. The average molecular weight is 355 g/mol. The smallest absolute Gasteiger partial charge is 0.257 e. The number of rotatable bonds is 2. The number of hydrogen-bond donors (Lipinski definition) is 0. The molecule has 1 spiro atoms. The fourth-order valence-electron chi connectivity index (χ4n) is 4.42. The normalized spacial score (nSPS) is 24.0. The van der Waals surface area contributed by atoms with Gasteiger partial charge in [0, 0.05) is 43.7 Å². The molecule has 0 bridgehead atoms. The van der Waals surface area contributed by atoms with Gasteiger partial charge in [-0.15, -0.1) is 10.2 Å². The molecule has 26 heavy (non-hydrogen) atoms. The molecule has 1 unspecified atom stereocenters. The predicted molar refractivity (Wildman–Crippen MR) is 96.6 cm³/mol. The molecule has 2 fully saturated rings. The van der Waals surface area contributed by atoms with Crippen molar-refractivity contribution < 1.29 is 9.59 Å². The zero-order valence-electron chi connectivity index (χ0n) is 15.4. The Hall–Kier alpha value is -2.44. The molecule has 1 atom stereocenters. The highest BCUT2D eigenvalue weighted by atomic mass is 16.2. The molecule has 0 N–H and O–H groups in total. The van der Waals surface area contributed by atoms with Crippen molar-refractivity contribution in [3.05, 3.63) is 30.2 Å². The molecule has 7 heteroatoms. The number of pyridine rings is 1. The third kappa shape index (κ3) is 2.85. The van der Waals surface area contributed by atoms with Crippen LogP contribution < -0.4 is 0 Å². The van der Waals surface area contributed by atoms with Crippen LogP contribution in [0.5, 0.6) is 0 Å². The van der Waals surface area contributed by atoms with Crippen molar-refractivity contribution in [2.24, 2.45) is 5.41 Å². The Morgan fingerprint density at radius 2 is 2.12 bits per heavy atom. The highest BCUT2D eigenvalue weighted by Gasteiger charge is 2.43. The Morgan fingerprint density at radius 1 is 1.27 bits per heavy atom. The maximum atomic E-state index is 13.2. The molecule has 0 saturated carbocycles. The highest BCUT2D eigenvalue weighted by Crippen LogP contribution is 2.39. The fourth-order valence-corrected chi connectivity index (χ4v) is 4.42. The number of carbonyl (C=O) groups excluding carboxylic acids is 2. The zero-order valence-corrected chi connectivity index (χ0v) is 15.4. The minimum Gasteiger partial charge on any atom is -0.340 e. The molecule has 2 aromatic rings. The van der Waals surface area contributed by atoms with E-state index in [1.165, 1.54) is 0 Å². The lowest BCUT2D eigenvalue weighted by Crippen LogP contribution is -2.56. The van der Waals surface area contributed by atoms with Crippen molar-refractivity contribution in [1.29, 1.82) is 0 Å². The number of piperidine rings is 2. The SMILES string of the molecule is CC(C)N1CC2(CCCN(C(=O)c3cccn4cnnc34)C2)CCC1=O. The third-order valence-corrected chi connectivity index (χ3v) is 5.82. The number of fused-ring (bicyclic) bond motifs is 1. The van der Waals surface area contributed by atoms with Gasteiger partial charge in [0.15, 0.2) is 5.65 Å². The van der Waals surface area contributed by atoms with E-state index in [0.29, 0.717) is 24.2 Å². The number of carbonyl (C=O) groups is 2. The molecule has 2 aromatic heterocycles. The first kappa shape index (κ1) is 17.0. The van der Waals surface area contributed by atoms with Gasteiger partial charge >= 0.3 is 0 Å². The summed E-state index contributed by atoms with van der Waals surface area (Å²) in [5, 5.41) is 8.00. The van der Waals surface area contributed by atoms with Gasteiger partial charge in [-0.1, -0.05) is 0 Å². The van der Waals surface area contributed by atoms with E-state index >= 15 is 0 Å². The van der Waals surface area contributed by atoms with E-state index < -0.39 is 0 Å². The van der Waals surface area contributed by atoms with Crippen LogP contribution in [0.4, 0.5) is 0 Å². The summed E-state index contributed by atoms with van der Waals surface area (Å²) in [5.74, 6) is 0.248. The van der Waals surface area contributed by atoms with Crippen molar-refractivity contribution in [1.82, 2.24) is 24.4 Å². The fraction of sp³-hybridized carbons (Fsp3) is 0.579. The molecular weight excluding hydrogens is 330 g/mol. The van der Waals surface area contributed by atoms with Crippen molar-refractivity contribution in [3.63, 3.8) is 0 Å². The van der Waals surface area contributed by atoms with Crippen LogP contribution in [0.15, 0.2) is 24.7 Å². The van der Waals surface area contributed by atoms with Crippen LogP contribution in [0.3, 0.4) is 0 Å². The van der Waals surface area contributed by atoms with Gasteiger partial charge in [0.2, 0.25) is 5.91 Å². The topological polar surface area (TPSA) is 70.8 Å². The first-order valence-electron chi connectivity index (χ1n) is 9.36. The molecule has 0 radical (unpaired) electrons. The van der Waals surface area contributed by atoms with Crippen LogP contribution in [0, 0.1) is 5.41 Å². The summed E-state index contributed by atoms with van der Waals surface area (Å²) >= 11 is 0. The maximum Gasteiger partial charge on any atom is 0.257 e. The number of amides is 2. The molecule has 2 aliphatic heterocycles. The summed E-state index contributed by atoms with van der Waals surface area (Å²) in [6.07, 6.45) is 6.95. The van der Waals surface area contributed by atoms with E-state index in [0.717, 1.165) is 32.4 Å². The molecule has 2 amide bonds. The summed E-state index contributed by atoms with van der Waals surface area (Å²) in [6.45, 7) is 6.34. The summed E-state index contributed by atoms with van der Waals surface area (Å²) in [5.41, 5.74) is 1.21. The second-order valence-corrected chi connectivity index (χ2v) is 7.93. The molecule has 0 aliphatic carbocycles. The maximum absolute atomic E-state index is 13.2. The van der Waals surface area contributed by atoms with Crippen LogP contribution in [0.2, 0.25) is 0 Å². The first-order valence-corrected chi connectivity index (χ1v) is 9.36. The van der Waals surface area contributed by atoms with Crippen molar-refractivity contribution >= 4 is 17.5 Å². The Balaban J connectivity index is 1.58. The number of aromatic nitrogens is 3. The third-order valence-electron chi connectivity index (χ3n) is 5.82. The lowest BCUT2D eigenvalue weighted by atomic mass is 9.73. The summed E-state index contributed by atoms with van der Waals surface area (Å²) in [4.78, 5) is 29.4. The standard InChI is InChI=1S/C19H25N5O2/c1-14(2)24-12-19(8-6-16(24)25)7-4-10-22(11-19)18(26)15-5-3-9-23-13-20-21-17(15)23/h3,5,9,13-14H,4,6-8,10-12H2,1-2H3. The lowest BCUT2D eigenvalue weighted by molar-refractivity contribution is -0.141. The number of nitrogens with zero attached hydrogens (tertiary/aromatic N) is 5. The molecule has 4 heterocycles. The largest absolute Gasteiger partial charge is 0.340 e. The van der Waals surface area contributed by atoms with Crippen LogP contribution in [0.1, 0.15) is 49.9 Å². The number of likely N-dealkylation sites (tertiary alicyclic amines) is 2. The van der Waals surface area contributed by atoms with E-state index in [2.05, 4.69) is 24.0 Å². The van der Waals surface area contributed by atoms with E-state index in [1.54, 1.807) is 10.7 Å². The average Bonchev–Trinajstić information content (AvgIpc) is 3.12. The van der Waals surface area contributed by atoms with E-state index in [4.69, 9.17) is 0 Å². The van der Waals surface area contributed by atoms with Gasteiger partial charge in [0.1, 0.15) is 6.33 Å². The quantitative estimate of drug-likeness (QED) is 0.826. The lowest BCUT2D eigenvalue weighted by Gasteiger charge is -2.49. The highest BCUT2D eigenvalue weighted by molar-refractivity contribution is 5.99. The van der Waals surface area contributed by atoms with Crippen LogP contribution in [-0.2, 0) is 4.79 Å². The van der Waals surface area contributed by atoms with Gasteiger partial charge in [-0.2, -0.15) is 0 Å². The van der Waals surface area contributed by atoms with E-state index in [9.17, 15) is 9.59 Å². The van der Waals surface area contributed by atoms with Crippen molar-refractivity contribution in [3.8, 4) is 0 Å². The van der Waals surface area contributed by atoms with E-state index in [1.807, 2.05) is 28.1 Å². The van der Waals surface area contributed by atoms with Crippen LogP contribution in [0.25, 0.3) is 5.65 Å². The molecule has 4 rings (SSSR count). The predicted octanol–water partition coefficient (Wildman–Crippen LogP) is 1.98. The Kier molecular flexibility index (Phi) is 4.17. The van der Waals surface area contributed by atoms with Gasteiger partial charge in [0.25, 0.3) is 5.91 Å². The second-order valence-electron chi connectivity index (χ2n) is 7.93. The first-order chi connectivity index (χ1) is 12.5. The van der Waals surface area contributed by atoms with Gasteiger partial charge in [-0.05, 0) is 45.2 Å². The molecule has 138 valence electrons. The summed E-state index contributed by atoms with van der Waals surface area (Å²) < 4.78 is 1.77. The summed E-state index contributed by atoms with van der Waals surface area (Å²) in [7, 11) is 0. The second kappa shape index (κ2) is 6.37. The van der Waals surface area contributed by atoms with Crippen molar-refractivity contribution in [2.45, 2.75) is 45.6 Å². The van der Waals surface area contributed by atoms with Crippen molar-refractivity contribution in [2.75, 3.05) is 19.6 Å². The van der Waals surface area contributed by atoms with Gasteiger partial charge in [-0.3, -0.25) is 14.0 Å². The minimum absolute atomic E-state index is 0.00988. The molecule has 0 aromatic carbocycles. The van der Waals surface area contributed by atoms with Gasteiger partial charge in [0.05, 0.1) is 5.56 Å². The Morgan fingerprint density at radius 3 is 2.92 bits per heavy atom. The Labute approximate surface area is 153 Å². The van der Waals surface area contributed by atoms with Crippen LogP contribution in [-0.4, -0.2) is 61.9 Å². The molecule has 2 aliphatic rings. The molecule has 7 nitrogen and oxygen atoms in total. The van der Waals surface area contributed by atoms with E-state index in [-0.39, 0.29) is 23.3 Å². The number of hydrogen-bond acceptors (Lipinski definition) is 4. The minimum atomic E-state index is 0.00988. The zero-order chi connectivity index (χ0) is 18.3. The monoisotopic (exact) mass is 355 g/mol. The van der Waals surface area contributed by atoms with Crippen LogP contribution >= 0.6 is 0 Å². The summed E-state index contributed by atoms with van der Waals surface area (Å²) in [6, 6.07) is 3.87. The van der Waals surface area contributed by atoms with Gasteiger partial charge < -0.3 is 9.80 Å². The molecule has 2 saturated heterocycles. The van der Waals surface area contributed by atoms with Gasteiger partial charge in [-0.25, -0.2) is 0 Å².